The maximum Gasteiger partial charge on any atom is 0.307 e. The molecule has 20 heavy (non-hydrogen) atoms. The molecule has 0 aliphatic carbocycles. The van der Waals surface area contributed by atoms with Gasteiger partial charge >= 0.3 is 5.97 Å². The van der Waals surface area contributed by atoms with Crippen molar-refractivity contribution in [3.63, 3.8) is 0 Å². The quantitative estimate of drug-likeness (QED) is 0.841. The van der Waals surface area contributed by atoms with Crippen molar-refractivity contribution in [1.29, 1.82) is 0 Å². The van der Waals surface area contributed by atoms with Crippen LogP contribution in [0.2, 0.25) is 0 Å². The van der Waals surface area contributed by atoms with Crippen LogP contribution < -0.4 is 0 Å². The number of benzene rings is 1. The molecule has 1 heterocycles. The summed E-state index contributed by atoms with van der Waals surface area (Å²) >= 11 is 0. The molecular weight excluding hydrogens is 258 g/mol. The van der Waals surface area contributed by atoms with Crippen molar-refractivity contribution in [1.82, 2.24) is 15.1 Å². The number of carbonyl (C=O) groups is 2. The number of para-hydroxylation sites is 1. The fourth-order valence-electron chi connectivity index (χ4n) is 2.05. The molecule has 106 valence electrons. The molecule has 0 atom stereocenters. The van der Waals surface area contributed by atoms with Crippen molar-refractivity contribution < 1.29 is 14.3 Å². The standard InChI is InChI=1S/C14H17N3O3/c1-3-17(8-7-12(18)20-2)14(19)11-6-4-5-10-9-15-16-13(10)11/h4-6,9H,3,7-8H2,1-2H3,(H,15,16). The third-order valence-electron chi connectivity index (χ3n) is 3.19. The Morgan fingerprint density at radius 3 is 2.90 bits per heavy atom. The van der Waals surface area contributed by atoms with Crippen LogP contribution in [0.5, 0.6) is 0 Å². The largest absolute Gasteiger partial charge is 0.469 e. The smallest absolute Gasteiger partial charge is 0.307 e. The monoisotopic (exact) mass is 275 g/mol. The minimum absolute atomic E-state index is 0.119. The first kappa shape index (κ1) is 14.0. The number of ether oxygens (including phenoxy) is 1. The topological polar surface area (TPSA) is 75.3 Å². The van der Waals surface area contributed by atoms with E-state index in [-0.39, 0.29) is 18.3 Å². The maximum absolute atomic E-state index is 12.5. The normalized spacial score (nSPS) is 10.5. The second kappa shape index (κ2) is 6.18. The fourth-order valence-corrected chi connectivity index (χ4v) is 2.05. The third kappa shape index (κ3) is 2.79. The highest BCUT2D eigenvalue weighted by Crippen LogP contribution is 2.17. The van der Waals surface area contributed by atoms with Gasteiger partial charge in [0.05, 0.1) is 30.8 Å². The molecule has 1 aromatic carbocycles. The van der Waals surface area contributed by atoms with E-state index >= 15 is 0 Å². The number of nitrogens with one attached hydrogen (secondary N) is 1. The maximum atomic E-state index is 12.5. The Morgan fingerprint density at radius 2 is 2.20 bits per heavy atom. The van der Waals surface area contributed by atoms with Gasteiger partial charge in [-0.2, -0.15) is 5.10 Å². The molecule has 2 rings (SSSR count). The SMILES string of the molecule is CCN(CCC(=O)OC)C(=O)c1cccc2cn[nH]c12. The van der Waals surface area contributed by atoms with Crippen LogP contribution in [0.15, 0.2) is 24.4 Å². The summed E-state index contributed by atoms with van der Waals surface area (Å²) in [5.41, 5.74) is 1.28. The summed E-state index contributed by atoms with van der Waals surface area (Å²) in [5.74, 6) is -0.442. The number of hydrogen-bond donors (Lipinski definition) is 1. The number of esters is 1. The van der Waals surface area contributed by atoms with Gasteiger partial charge in [-0.3, -0.25) is 14.7 Å². The summed E-state index contributed by atoms with van der Waals surface area (Å²) in [6, 6.07) is 5.46. The molecule has 1 N–H and O–H groups in total. The van der Waals surface area contributed by atoms with Crippen LogP contribution >= 0.6 is 0 Å². The van der Waals surface area contributed by atoms with E-state index in [4.69, 9.17) is 0 Å². The van der Waals surface area contributed by atoms with Crippen LogP contribution in [-0.2, 0) is 9.53 Å². The van der Waals surface area contributed by atoms with E-state index in [0.29, 0.717) is 24.2 Å². The van der Waals surface area contributed by atoms with Crippen LogP contribution in [0.3, 0.4) is 0 Å². The Labute approximate surface area is 116 Å². The summed E-state index contributed by atoms with van der Waals surface area (Å²) in [4.78, 5) is 25.3. The number of carbonyl (C=O) groups excluding carboxylic acids is 2. The zero-order valence-electron chi connectivity index (χ0n) is 11.5. The number of nitrogens with zero attached hydrogens (tertiary/aromatic N) is 2. The molecule has 0 fully saturated rings. The van der Waals surface area contributed by atoms with Crippen LogP contribution in [0.25, 0.3) is 10.9 Å². The van der Waals surface area contributed by atoms with Gasteiger partial charge in [0.2, 0.25) is 0 Å². The lowest BCUT2D eigenvalue weighted by Gasteiger charge is -2.20. The molecular formula is C14H17N3O3. The van der Waals surface area contributed by atoms with Gasteiger partial charge in [-0.1, -0.05) is 12.1 Å². The third-order valence-corrected chi connectivity index (χ3v) is 3.19. The average Bonchev–Trinajstić information content (AvgIpc) is 2.95. The number of fused-ring (bicyclic) bond motifs is 1. The van der Waals surface area contributed by atoms with E-state index in [1.54, 1.807) is 17.2 Å². The summed E-state index contributed by atoms with van der Waals surface area (Å²) in [6.07, 6.45) is 1.87. The minimum atomic E-state index is -0.323. The Bertz CT molecular complexity index is 621. The van der Waals surface area contributed by atoms with Crippen molar-refractivity contribution in [2.75, 3.05) is 20.2 Å². The predicted molar refractivity (Wildman–Crippen MR) is 74.3 cm³/mol. The first-order valence-corrected chi connectivity index (χ1v) is 6.45. The van der Waals surface area contributed by atoms with E-state index < -0.39 is 0 Å². The summed E-state index contributed by atoms with van der Waals surface area (Å²) in [7, 11) is 1.34. The molecule has 2 aromatic rings. The van der Waals surface area contributed by atoms with Crippen molar-refractivity contribution in [2.24, 2.45) is 0 Å². The molecule has 1 aromatic heterocycles. The van der Waals surface area contributed by atoms with Gasteiger partial charge in [-0.25, -0.2) is 0 Å². The van der Waals surface area contributed by atoms with E-state index in [1.807, 2.05) is 19.1 Å². The van der Waals surface area contributed by atoms with Crippen molar-refractivity contribution in [2.45, 2.75) is 13.3 Å². The lowest BCUT2D eigenvalue weighted by atomic mass is 10.1. The highest BCUT2D eigenvalue weighted by Gasteiger charge is 2.18. The number of aromatic nitrogens is 2. The number of amides is 1. The van der Waals surface area contributed by atoms with Crippen LogP contribution in [0.4, 0.5) is 0 Å². The number of methoxy groups -OCH3 is 1. The molecule has 0 saturated carbocycles. The first-order valence-electron chi connectivity index (χ1n) is 6.45. The van der Waals surface area contributed by atoms with E-state index in [9.17, 15) is 9.59 Å². The van der Waals surface area contributed by atoms with Crippen molar-refractivity contribution in [3.8, 4) is 0 Å². The van der Waals surface area contributed by atoms with Crippen molar-refractivity contribution >= 4 is 22.8 Å². The molecule has 0 unspecified atom stereocenters. The Balaban J connectivity index is 2.20. The van der Waals surface area contributed by atoms with Gasteiger partial charge in [-0.15, -0.1) is 0 Å². The first-order chi connectivity index (χ1) is 9.67. The van der Waals surface area contributed by atoms with E-state index in [0.717, 1.165) is 5.39 Å². The molecule has 0 aliphatic rings. The lowest BCUT2D eigenvalue weighted by molar-refractivity contribution is -0.140. The Morgan fingerprint density at radius 1 is 1.40 bits per heavy atom. The highest BCUT2D eigenvalue weighted by molar-refractivity contribution is 6.05. The highest BCUT2D eigenvalue weighted by atomic mass is 16.5. The van der Waals surface area contributed by atoms with Gasteiger partial charge in [0.1, 0.15) is 0 Å². The van der Waals surface area contributed by atoms with Crippen LogP contribution in [0, 0.1) is 0 Å². The second-order valence-electron chi connectivity index (χ2n) is 4.35. The number of H-pyrrole nitrogens is 1. The Kier molecular flexibility index (Phi) is 4.34. The summed E-state index contributed by atoms with van der Waals surface area (Å²) in [5, 5.41) is 7.67. The minimum Gasteiger partial charge on any atom is -0.469 e. The Hall–Kier alpha value is -2.37. The van der Waals surface area contributed by atoms with Crippen LogP contribution in [-0.4, -0.2) is 47.2 Å². The molecule has 0 spiro atoms. The zero-order valence-corrected chi connectivity index (χ0v) is 11.5. The van der Waals surface area contributed by atoms with Gasteiger partial charge in [0.15, 0.2) is 0 Å². The van der Waals surface area contributed by atoms with Gasteiger partial charge in [-0.05, 0) is 13.0 Å². The molecule has 0 bridgehead atoms. The van der Waals surface area contributed by atoms with Gasteiger partial charge in [0.25, 0.3) is 5.91 Å². The molecule has 6 heteroatoms. The summed E-state index contributed by atoms with van der Waals surface area (Å²) < 4.78 is 4.60. The van der Waals surface area contributed by atoms with Crippen LogP contribution in [0.1, 0.15) is 23.7 Å². The van der Waals surface area contributed by atoms with Crippen molar-refractivity contribution in [3.05, 3.63) is 30.0 Å². The fraction of sp³-hybridized carbons (Fsp3) is 0.357. The molecule has 0 saturated heterocycles. The molecule has 0 radical (unpaired) electrons. The van der Waals surface area contributed by atoms with Gasteiger partial charge < -0.3 is 9.64 Å². The lowest BCUT2D eigenvalue weighted by Crippen LogP contribution is -2.33. The molecule has 6 nitrogen and oxygen atoms in total. The number of hydrogen-bond acceptors (Lipinski definition) is 4. The van der Waals surface area contributed by atoms with E-state index in [2.05, 4.69) is 14.9 Å². The zero-order chi connectivity index (χ0) is 14.5. The number of aromatic amines is 1. The second-order valence-corrected chi connectivity index (χ2v) is 4.35. The van der Waals surface area contributed by atoms with E-state index in [1.165, 1.54) is 7.11 Å². The van der Waals surface area contributed by atoms with Gasteiger partial charge in [0, 0.05) is 18.5 Å². The number of rotatable bonds is 5. The molecule has 0 aliphatic heterocycles. The molecule has 1 amide bonds. The summed E-state index contributed by atoms with van der Waals surface area (Å²) in [6.45, 7) is 2.75. The average molecular weight is 275 g/mol. The predicted octanol–water partition coefficient (Wildman–Crippen LogP) is 1.59.